The van der Waals surface area contributed by atoms with Gasteiger partial charge in [0, 0.05) is 31.2 Å². The third-order valence-electron chi connectivity index (χ3n) is 3.00. The highest BCUT2D eigenvalue weighted by molar-refractivity contribution is 7.99. The van der Waals surface area contributed by atoms with Gasteiger partial charge in [-0.1, -0.05) is 23.9 Å². The molecule has 0 saturated heterocycles. The molecule has 19 heavy (non-hydrogen) atoms. The number of imidazole rings is 1. The van der Waals surface area contributed by atoms with Gasteiger partial charge in [0.1, 0.15) is 5.75 Å². The smallest absolute Gasteiger partial charge is 0.167 e. The molecular formula is C14H19N3OS. The lowest BCUT2D eigenvalue weighted by molar-refractivity contribution is 0.413. The first-order valence-corrected chi connectivity index (χ1v) is 7.14. The Bertz CT molecular complexity index is 527. The lowest BCUT2D eigenvalue weighted by atomic mass is 10.1. The standard InChI is InChI=1S/C14H19N3OS/c1-15-13(10-19-14-16-7-8-17(14)2)11-5-4-6-12(9-11)18-3/h4-9,13,15H,10H2,1-3H3. The third kappa shape index (κ3) is 3.52. The molecule has 0 radical (unpaired) electrons. The van der Waals surface area contributed by atoms with Crippen molar-refractivity contribution in [3.05, 3.63) is 42.2 Å². The maximum absolute atomic E-state index is 5.27. The van der Waals surface area contributed by atoms with Crippen LogP contribution >= 0.6 is 11.8 Å². The first-order valence-electron chi connectivity index (χ1n) is 6.16. The van der Waals surface area contributed by atoms with Gasteiger partial charge in [-0.15, -0.1) is 0 Å². The van der Waals surface area contributed by atoms with Gasteiger partial charge in [-0.25, -0.2) is 4.98 Å². The number of nitrogens with one attached hydrogen (secondary N) is 1. The average Bonchev–Trinajstić information content (AvgIpc) is 2.85. The second-order valence-electron chi connectivity index (χ2n) is 4.25. The van der Waals surface area contributed by atoms with E-state index in [9.17, 15) is 0 Å². The van der Waals surface area contributed by atoms with Crippen LogP contribution in [0.3, 0.4) is 0 Å². The molecule has 1 unspecified atom stereocenters. The molecule has 102 valence electrons. The molecule has 0 aliphatic heterocycles. The van der Waals surface area contributed by atoms with Gasteiger partial charge in [0.15, 0.2) is 5.16 Å². The van der Waals surface area contributed by atoms with Crippen molar-refractivity contribution in [2.45, 2.75) is 11.2 Å². The van der Waals surface area contributed by atoms with Crippen molar-refractivity contribution in [3.63, 3.8) is 0 Å². The predicted octanol–water partition coefficient (Wildman–Crippen LogP) is 2.48. The van der Waals surface area contributed by atoms with E-state index in [0.29, 0.717) is 0 Å². The summed E-state index contributed by atoms with van der Waals surface area (Å²) in [6.07, 6.45) is 3.78. The number of methoxy groups -OCH3 is 1. The highest BCUT2D eigenvalue weighted by Crippen LogP contribution is 2.25. The number of rotatable bonds is 6. The zero-order valence-corrected chi connectivity index (χ0v) is 12.3. The summed E-state index contributed by atoms with van der Waals surface area (Å²) in [5.74, 6) is 1.81. The van der Waals surface area contributed by atoms with Gasteiger partial charge in [-0.3, -0.25) is 0 Å². The molecule has 2 aromatic rings. The Morgan fingerprint density at radius 2 is 2.32 bits per heavy atom. The van der Waals surface area contributed by atoms with Crippen LogP contribution in [0.25, 0.3) is 0 Å². The SMILES string of the molecule is CNC(CSc1nccn1C)c1cccc(OC)c1. The molecule has 0 aliphatic rings. The Labute approximate surface area is 118 Å². The van der Waals surface area contributed by atoms with E-state index in [2.05, 4.69) is 22.4 Å². The molecule has 1 N–H and O–H groups in total. The fourth-order valence-electron chi connectivity index (χ4n) is 1.85. The normalized spacial score (nSPS) is 12.4. The van der Waals surface area contributed by atoms with Crippen LogP contribution in [0.5, 0.6) is 5.75 Å². The Morgan fingerprint density at radius 3 is 2.95 bits per heavy atom. The van der Waals surface area contributed by atoms with Gasteiger partial charge in [-0.2, -0.15) is 0 Å². The van der Waals surface area contributed by atoms with E-state index in [1.807, 2.05) is 43.2 Å². The topological polar surface area (TPSA) is 39.1 Å². The second kappa shape index (κ2) is 6.63. The van der Waals surface area contributed by atoms with Gasteiger partial charge >= 0.3 is 0 Å². The Kier molecular flexibility index (Phi) is 4.87. The quantitative estimate of drug-likeness (QED) is 0.823. The lowest BCUT2D eigenvalue weighted by Crippen LogP contribution is -2.19. The summed E-state index contributed by atoms with van der Waals surface area (Å²) in [7, 11) is 5.68. The third-order valence-corrected chi connectivity index (χ3v) is 4.15. The minimum Gasteiger partial charge on any atom is -0.497 e. The number of hydrogen-bond donors (Lipinski definition) is 1. The first-order chi connectivity index (χ1) is 9.24. The van der Waals surface area contributed by atoms with E-state index in [1.54, 1.807) is 18.9 Å². The highest BCUT2D eigenvalue weighted by atomic mass is 32.2. The van der Waals surface area contributed by atoms with Crippen molar-refractivity contribution in [2.24, 2.45) is 7.05 Å². The maximum Gasteiger partial charge on any atom is 0.167 e. The maximum atomic E-state index is 5.27. The predicted molar refractivity (Wildman–Crippen MR) is 78.7 cm³/mol. The molecule has 0 saturated carbocycles. The van der Waals surface area contributed by atoms with E-state index < -0.39 is 0 Å². The minimum atomic E-state index is 0.275. The number of hydrogen-bond acceptors (Lipinski definition) is 4. The van der Waals surface area contributed by atoms with Crippen LogP contribution in [-0.2, 0) is 7.05 Å². The zero-order valence-electron chi connectivity index (χ0n) is 11.5. The van der Waals surface area contributed by atoms with Crippen LogP contribution in [0.4, 0.5) is 0 Å². The number of benzene rings is 1. The molecular weight excluding hydrogens is 258 g/mol. The molecule has 1 aromatic carbocycles. The summed E-state index contributed by atoms with van der Waals surface area (Å²) in [4.78, 5) is 4.32. The second-order valence-corrected chi connectivity index (χ2v) is 5.24. The summed E-state index contributed by atoms with van der Waals surface area (Å²) in [5.41, 5.74) is 1.23. The minimum absolute atomic E-state index is 0.275. The molecule has 0 aliphatic carbocycles. The summed E-state index contributed by atoms with van der Waals surface area (Å²) >= 11 is 1.74. The van der Waals surface area contributed by atoms with E-state index in [0.717, 1.165) is 16.7 Å². The Balaban J connectivity index is 2.05. The first kappa shape index (κ1) is 14.0. The van der Waals surface area contributed by atoms with E-state index in [-0.39, 0.29) is 6.04 Å². The number of ether oxygens (including phenoxy) is 1. The van der Waals surface area contributed by atoms with Crippen molar-refractivity contribution in [1.29, 1.82) is 0 Å². The van der Waals surface area contributed by atoms with Crippen molar-refractivity contribution < 1.29 is 4.74 Å². The number of nitrogens with zero attached hydrogens (tertiary/aromatic N) is 2. The van der Waals surface area contributed by atoms with Crippen LogP contribution in [-0.4, -0.2) is 29.5 Å². The number of aromatic nitrogens is 2. The van der Waals surface area contributed by atoms with Crippen LogP contribution in [0.1, 0.15) is 11.6 Å². The molecule has 2 rings (SSSR count). The van der Waals surface area contributed by atoms with Crippen molar-refractivity contribution in [3.8, 4) is 5.75 Å². The Hall–Kier alpha value is -1.46. The zero-order chi connectivity index (χ0) is 13.7. The molecule has 1 atom stereocenters. The summed E-state index contributed by atoms with van der Waals surface area (Å²) < 4.78 is 7.30. The van der Waals surface area contributed by atoms with Gasteiger partial charge in [0.2, 0.25) is 0 Å². The van der Waals surface area contributed by atoms with E-state index in [4.69, 9.17) is 4.74 Å². The van der Waals surface area contributed by atoms with Gasteiger partial charge in [-0.05, 0) is 24.7 Å². The molecule has 0 amide bonds. The van der Waals surface area contributed by atoms with Crippen molar-refractivity contribution in [1.82, 2.24) is 14.9 Å². The average molecular weight is 277 g/mol. The summed E-state index contributed by atoms with van der Waals surface area (Å²) in [6.45, 7) is 0. The summed E-state index contributed by atoms with van der Waals surface area (Å²) in [6, 6.07) is 8.44. The molecule has 4 nitrogen and oxygen atoms in total. The molecule has 0 fully saturated rings. The van der Waals surface area contributed by atoms with Crippen LogP contribution in [0.15, 0.2) is 41.8 Å². The molecule has 0 bridgehead atoms. The van der Waals surface area contributed by atoms with Gasteiger partial charge in [0.05, 0.1) is 7.11 Å². The fraction of sp³-hybridized carbons (Fsp3) is 0.357. The van der Waals surface area contributed by atoms with Crippen molar-refractivity contribution >= 4 is 11.8 Å². The van der Waals surface area contributed by atoms with Crippen LogP contribution < -0.4 is 10.1 Å². The monoisotopic (exact) mass is 277 g/mol. The van der Waals surface area contributed by atoms with Gasteiger partial charge in [0.25, 0.3) is 0 Å². The Morgan fingerprint density at radius 1 is 1.47 bits per heavy atom. The van der Waals surface area contributed by atoms with Gasteiger partial charge < -0.3 is 14.6 Å². The molecule has 0 spiro atoms. The largest absolute Gasteiger partial charge is 0.497 e. The summed E-state index contributed by atoms with van der Waals surface area (Å²) in [5, 5.41) is 4.37. The van der Waals surface area contributed by atoms with Crippen molar-refractivity contribution in [2.75, 3.05) is 19.9 Å². The van der Waals surface area contributed by atoms with E-state index in [1.165, 1.54) is 5.56 Å². The highest BCUT2D eigenvalue weighted by Gasteiger charge is 2.12. The van der Waals surface area contributed by atoms with Crippen LogP contribution in [0.2, 0.25) is 0 Å². The molecule has 1 heterocycles. The lowest BCUT2D eigenvalue weighted by Gasteiger charge is -2.16. The van der Waals surface area contributed by atoms with E-state index >= 15 is 0 Å². The number of aryl methyl sites for hydroxylation is 1. The molecule has 1 aromatic heterocycles. The number of thioether (sulfide) groups is 1. The molecule has 5 heteroatoms. The van der Waals surface area contributed by atoms with Crippen LogP contribution in [0, 0.1) is 0 Å². The fourth-order valence-corrected chi connectivity index (χ4v) is 2.93.